The molecule has 0 N–H and O–H groups in total. The number of para-hydroxylation sites is 1. The molecule has 0 spiro atoms. The minimum Gasteiger partial charge on any atom is -0.493 e. The molecule has 0 atom stereocenters. The van der Waals surface area contributed by atoms with E-state index in [1.54, 1.807) is 30.3 Å². The summed E-state index contributed by atoms with van der Waals surface area (Å²) < 4.78 is 24.9. The molecule has 0 fully saturated rings. The fourth-order valence-corrected chi connectivity index (χ4v) is 2.12. The lowest BCUT2D eigenvalue weighted by atomic mass is 10.1. The molecule has 110 valence electrons. The third kappa shape index (κ3) is 4.04. The molecule has 0 bridgehead atoms. The van der Waals surface area contributed by atoms with E-state index in [1.807, 2.05) is 6.92 Å². The minimum atomic E-state index is -0.518. The Hall–Kier alpha value is -1.88. The maximum atomic E-state index is 13.6. The van der Waals surface area contributed by atoms with Crippen molar-refractivity contribution in [1.82, 2.24) is 0 Å². The molecular formula is C16H14BrFO3. The first-order valence-electron chi connectivity index (χ1n) is 6.44. The fraction of sp³-hybridized carbons (Fsp3) is 0.188. The third-order valence-corrected chi connectivity index (χ3v) is 3.23. The second-order valence-electron chi connectivity index (χ2n) is 4.22. The number of carbonyl (C=O) groups is 1. The molecule has 3 nitrogen and oxygen atoms in total. The number of halogens is 2. The van der Waals surface area contributed by atoms with E-state index in [1.165, 1.54) is 12.1 Å². The molecule has 2 aromatic rings. The molecule has 0 saturated heterocycles. The van der Waals surface area contributed by atoms with Gasteiger partial charge in [0.2, 0.25) is 5.78 Å². The summed E-state index contributed by atoms with van der Waals surface area (Å²) in [6.45, 7) is 2.06. The van der Waals surface area contributed by atoms with Crippen LogP contribution in [-0.4, -0.2) is 19.0 Å². The lowest BCUT2D eigenvalue weighted by Crippen LogP contribution is -2.13. The first-order chi connectivity index (χ1) is 10.1. The summed E-state index contributed by atoms with van der Waals surface area (Å²) in [6, 6.07) is 11.3. The smallest absolute Gasteiger partial charge is 0.203 e. The van der Waals surface area contributed by atoms with Crippen LogP contribution in [0, 0.1) is 5.82 Å². The molecule has 21 heavy (non-hydrogen) atoms. The Labute approximate surface area is 130 Å². The van der Waals surface area contributed by atoms with Crippen molar-refractivity contribution < 1.29 is 18.7 Å². The van der Waals surface area contributed by atoms with Crippen LogP contribution in [0.2, 0.25) is 0 Å². The SMILES string of the molecule is CCOc1ccccc1C(=O)COc1ccc(Br)cc1F. The Kier molecular flexibility index (Phi) is 5.33. The molecule has 0 saturated carbocycles. The molecule has 0 amide bonds. The van der Waals surface area contributed by atoms with Crippen LogP contribution in [0.15, 0.2) is 46.9 Å². The van der Waals surface area contributed by atoms with Gasteiger partial charge in [0.1, 0.15) is 5.75 Å². The maximum Gasteiger partial charge on any atom is 0.203 e. The lowest BCUT2D eigenvalue weighted by Gasteiger charge is -2.10. The van der Waals surface area contributed by atoms with Crippen LogP contribution in [0.4, 0.5) is 4.39 Å². The number of ketones is 1. The van der Waals surface area contributed by atoms with Crippen molar-refractivity contribution in [3.05, 3.63) is 58.3 Å². The zero-order valence-electron chi connectivity index (χ0n) is 11.4. The van der Waals surface area contributed by atoms with Crippen molar-refractivity contribution >= 4 is 21.7 Å². The van der Waals surface area contributed by atoms with Gasteiger partial charge in [0, 0.05) is 4.47 Å². The van der Waals surface area contributed by atoms with Crippen LogP contribution in [0.3, 0.4) is 0 Å². The van der Waals surface area contributed by atoms with Crippen LogP contribution in [-0.2, 0) is 0 Å². The lowest BCUT2D eigenvalue weighted by molar-refractivity contribution is 0.0915. The Balaban J connectivity index is 2.08. The van der Waals surface area contributed by atoms with Gasteiger partial charge in [-0.1, -0.05) is 28.1 Å². The highest BCUT2D eigenvalue weighted by atomic mass is 79.9. The largest absolute Gasteiger partial charge is 0.493 e. The van der Waals surface area contributed by atoms with Gasteiger partial charge >= 0.3 is 0 Å². The van der Waals surface area contributed by atoms with Crippen LogP contribution in [0.25, 0.3) is 0 Å². The first-order valence-corrected chi connectivity index (χ1v) is 7.24. The van der Waals surface area contributed by atoms with E-state index in [0.29, 0.717) is 22.4 Å². The molecule has 0 unspecified atom stereocenters. The summed E-state index contributed by atoms with van der Waals surface area (Å²) in [5.41, 5.74) is 0.428. The number of Topliss-reactive ketones (excluding diaryl/α,β-unsaturated/α-hetero) is 1. The molecule has 0 aliphatic carbocycles. The molecule has 0 aromatic heterocycles. The van der Waals surface area contributed by atoms with Gasteiger partial charge in [-0.25, -0.2) is 4.39 Å². The number of hydrogen-bond acceptors (Lipinski definition) is 3. The summed E-state index contributed by atoms with van der Waals surface area (Å²) in [6.07, 6.45) is 0. The highest BCUT2D eigenvalue weighted by molar-refractivity contribution is 9.10. The van der Waals surface area contributed by atoms with E-state index in [4.69, 9.17) is 9.47 Å². The molecule has 2 rings (SSSR count). The van der Waals surface area contributed by atoms with Gasteiger partial charge in [-0.05, 0) is 37.3 Å². The quantitative estimate of drug-likeness (QED) is 0.729. The van der Waals surface area contributed by atoms with Gasteiger partial charge in [-0.3, -0.25) is 4.79 Å². The normalized spacial score (nSPS) is 10.2. The van der Waals surface area contributed by atoms with E-state index in [0.717, 1.165) is 0 Å². The molecular weight excluding hydrogens is 339 g/mol. The number of rotatable bonds is 6. The summed E-state index contributed by atoms with van der Waals surface area (Å²) in [4.78, 5) is 12.2. The van der Waals surface area contributed by atoms with E-state index >= 15 is 0 Å². The third-order valence-electron chi connectivity index (χ3n) is 2.74. The molecule has 2 aromatic carbocycles. The van der Waals surface area contributed by atoms with Crippen molar-refractivity contribution in [2.24, 2.45) is 0 Å². The molecule has 0 radical (unpaired) electrons. The summed E-state index contributed by atoms with van der Waals surface area (Å²) in [7, 11) is 0. The standard InChI is InChI=1S/C16H14BrFO3/c1-2-20-15-6-4-3-5-12(15)14(19)10-21-16-8-7-11(17)9-13(16)18/h3-9H,2,10H2,1H3. The second-order valence-corrected chi connectivity index (χ2v) is 5.13. The molecule has 5 heteroatoms. The molecule has 0 aliphatic rings. The summed E-state index contributed by atoms with van der Waals surface area (Å²) >= 11 is 3.16. The number of carbonyl (C=O) groups excluding carboxylic acids is 1. The van der Waals surface area contributed by atoms with E-state index in [2.05, 4.69) is 15.9 Å². The van der Waals surface area contributed by atoms with Gasteiger partial charge in [-0.15, -0.1) is 0 Å². The Morgan fingerprint density at radius 2 is 1.90 bits per heavy atom. The zero-order valence-corrected chi connectivity index (χ0v) is 13.0. The number of benzene rings is 2. The first kappa shape index (κ1) is 15.5. The predicted molar refractivity (Wildman–Crippen MR) is 81.5 cm³/mol. The van der Waals surface area contributed by atoms with Gasteiger partial charge in [0.15, 0.2) is 18.2 Å². The van der Waals surface area contributed by atoms with Gasteiger partial charge in [0.05, 0.1) is 12.2 Å². The van der Waals surface area contributed by atoms with Gasteiger partial charge in [0.25, 0.3) is 0 Å². The predicted octanol–water partition coefficient (Wildman–Crippen LogP) is 4.25. The summed E-state index contributed by atoms with van der Waals surface area (Å²) in [5, 5.41) is 0. The Morgan fingerprint density at radius 1 is 1.14 bits per heavy atom. The van der Waals surface area contributed by atoms with Crippen molar-refractivity contribution in [1.29, 1.82) is 0 Å². The van der Waals surface area contributed by atoms with Crippen molar-refractivity contribution in [3.63, 3.8) is 0 Å². The molecule has 0 aliphatic heterocycles. The van der Waals surface area contributed by atoms with E-state index in [9.17, 15) is 9.18 Å². The highest BCUT2D eigenvalue weighted by Crippen LogP contribution is 2.23. The van der Waals surface area contributed by atoms with Crippen LogP contribution < -0.4 is 9.47 Å². The zero-order chi connectivity index (χ0) is 15.2. The average molecular weight is 353 g/mol. The van der Waals surface area contributed by atoms with E-state index < -0.39 is 5.82 Å². The van der Waals surface area contributed by atoms with Crippen LogP contribution in [0.1, 0.15) is 17.3 Å². The monoisotopic (exact) mass is 352 g/mol. The van der Waals surface area contributed by atoms with Crippen molar-refractivity contribution in [2.45, 2.75) is 6.92 Å². The molecule has 0 heterocycles. The Bertz CT molecular complexity index is 643. The minimum absolute atomic E-state index is 0.0421. The van der Waals surface area contributed by atoms with Crippen LogP contribution in [0.5, 0.6) is 11.5 Å². The number of hydrogen-bond donors (Lipinski definition) is 0. The summed E-state index contributed by atoms with van der Waals surface area (Å²) in [5.74, 6) is -0.234. The average Bonchev–Trinajstić information content (AvgIpc) is 2.47. The van der Waals surface area contributed by atoms with Crippen molar-refractivity contribution in [3.8, 4) is 11.5 Å². The number of ether oxygens (including phenoxy) is 2. The Morgan fingerprint density at radius 3 is 2.62 bits per heavy atom. The van der Waals surface area contributed by atoms with Gasteiger partial charge in [-0.2, -0.15) is 0 Å². The maximum absolute atomic E-state index is 13.6. The topological polar surface area (TPSA) is 35.5 Å². The van der Waals surface area contributed by atoms with Crippen molar-refractivity contribution in [2.75, 3.05) is 13.2 Å². The van der Waals surface area contributed by atoms with Crippen LogP contribution >= 0.6 is 15.9 Å². The fourth-order valence-electron chi connectivity index (χ4n) is 1.79. The van der Waals surface area contributed by atoms with E-state index in [-0.39, 0.29) is 18.1 Å². The second kappa shape index (κ2) is 7.22. The highest BCUT2D eigenvalue weighted by Gasteiger charge is 2.14. The van der Waals surface area contributed by atoms with Gasteiger partial charge < -0.3 is 9.47 Å².